The second kappa shape index (κ2) is 9.34. The summed E-state index contributed by atoms with van der Waals surface area (Å²) >= 11 is 0. The normalized spacial score (nSPS) is 21.0. The number of amides is 1. The van der Waals surface area contributed by atoms with Crippen molar-refractivity contribution in [1.82, 2.24) is 25.6 Å². The molecule has 7 nitrogen and oxygen atoms in total. The highest BCUT2D eigenvalue weighted by atomic mass is 35.5. The van der Waals surface area contributed by atoms with E-state index in [1.165, 1.54) is 19.3 Å². The van der Waals surface area contributed by atoms with Crippen molar-refractivity contribution >= 4 is 18.3 Å². The molecule has 2 aliphatic rings. The SMILES string of the molecule is Cl.O=C(NCC(O)C1CCCCC1)c1cn(C2CCNCC2)nn1. The fourth-order valence-electron chi connectivity index (χ4n) is 3.60. The first kappa shape index (κ1) is 19.1. The molecule has 2 fully saturated rings. The Bertz CT molecular complexity index is 512. The molecule has 1 saturated heterocycles. The molecule has 1 saturated carbocycles. The minimum absolute atomic E-state index is 0. The highest BCUT2D eigenvalue weighted by Gasteiger charge is 2.23. The Labute approximate surface area is 149 Å². The summed E-state index contributed by atoms with van der Waals surface area (Å²) in [6.07, 6.45) is 9.01. The van der Waals surface area contributed by atoms with Crippen LogP contribution in [0.2, 0.25) is 0 Å². The lowest BCUT2D eigenvalue weighted by molar-refractivity contribution is 0.0736. The maximum absolute atomic E-state index is 12.2. The number of halogens is 1. The predicted octanol–water partition coefficient (Wildman–Crippen LogP) is 1.30. The van der Waals surface area contributed by atoms with Gasteiger partial charge in [0.15, 0.2) is 5.69 Å². The molecule has 3 rings (SSSR count). The van der Waals surface area contributed by atoms with E-state index < -0.39 is 6.10 Å². The van der Waals surface area contributed by atoms with Crippen molar-refractivity contribution in [3.8, 4) is 0 Å². The van der Waals surface area contributed by atoms with E-state index in [0.717, 1.165) is 38.8 Å². The molecule has 0 aromatic carbocycles. The number of hydrogen-bond donors (Lipinski definition) is 3. The first-order valence-electron chi connectivity index (χ1n) is 8.83. The van der Waals surface area contributed by atoms with Crippen molar-refractivity contribution in [1.29, 1.82) is 0 Å². The third kappa shape index (κ3) is 4.91. The van der Waals surface area contributed by atoms with Crippen molar-refractivity contribution in [2.24, 2.45) is 5.92 Å². The monoisotopic (exact) mass is 357 g/mol. The minimum atomic E-state index is -0.460. The van der Waals surface area contributed by atoms with Crippen LogP contribution in [0.3, 0.4) is 0 Å². The second-order valence-electron chi connectivity index (χ2n) is 6.74. The summed E-state index contributed by atoms with van der Waals surface area (Å²) in [6, 6.07) is 0.318. The van der Waals surface area contributed by atoms with Gasteiger partial charge >= 0.3 is 0 Å². The van der Waals surface area contributed by atoms with Crippen LogP contribution >= 0.6 is 12.4 Å². The molecule has 1 aliphatic heterocycles. The summed E-state index contributed by atoms with van der Waals surface area (Å²) in [5, 5.41) is 24.4. The molecule has 0 spiro atoms. The fourth-order valence-corrected chi connectivity index (χ4v) is 3.60. The lowest BCUT2D eigenvalue weighted by atomic mass is 9.85. The maximum atomic E-state index is 12.2. The van der Waals surface area contributed by atoms with Crippen LogP contribution in [0.15, 0.2) is 6.20 Å². The van der Waals surface area contributed by atoms with Gasteiger partial charge in [0.05, 0.1) is 18.3 Å². The van der Waals surface area contributed by atoms with Gasteiger partial charge in [-0.15, -0.1) is 17.5 Å². The van der Waals surface area contributed by atoms with Gasteiger partial charge in [-0.05, 0) is 44.7 Å². The van der Waals surface area contributed by atoms with Gasteiger partial charge in [-0.1, -0.05) is 24.5 Å². The zero-order valence-corrected chi connectivity index (χ0v) is 14.8. The Balaban J connectivity index is 0.00000208. The minimum Gasteiger partial charge on any atom is -0.391 e. The second-order valence-corrected chi connectivity index (χ2v) is 6.74. The quantitative estimate of drug-likeness (QED) is 0.738. The van der Waals surface area contributed by atoms with Crippen LogP contribution in [0.25, 0.3) is 0 Å². The summed E-state index contributed by atoms with van der Waals surface area (Å²) in [4.78, 5) is 12.2. The molecular formula is C16H28ClN5O2. The zero-order chi connectivity index (χ0) is 16.1. The Hall–Kier alpha value is -1.18. The van der Waals surface area contributed by atoms with Crippen LogP contribution in [0.1, 0.15) is 61.5 Å². The van der Waals surface area contributed by atoms with E-state index in [9.17, 15) is 9.90 Å². The van der Waals surface area contributed by atoms with Gasteiger partial charge < -0.3 is 15.7 Å². The molecule has 0 bridgehead atoms. The van der Waals surface area contributed by atoms with E-state index in [-0.39, 0.29) is 18.3 Å². The van der Waals surface area contributed by atoms with E-state index in [1.807, 2.05) is 0 Å². The van der Waals surface area contributed by atoms with Gasteiger partial charge in [-0.2, -0.15) is 0 Å². The molecule has 136 valence electrons. The first-order valence-corrected chi connectivity index (χ1v) is 8.83. The smallest absolute Gasteiger partial charge is 0.273 e. The van der Waals surface area contributed by atoms with Gasteiger partial charge in [0, 0.05) is 6.54 Å². The summed E-state index contributed by atoms with van der Waals surface area (Å²) in [5.41, 5.74) is 0.333. The fraction of sp³-hybridized carbons (Fsp3) is 0.812. The van der Waals surface area contributed by atoms with Crippen molar-refractivity contribution in [3.05, 3.63) is 11.9 Å². The Morgan fingerprint density at radius 1 is 1.29 bits per heavy atom. The molecule has 1 aromatic heterocycles. The first-order chi connectivity index (χ1) is 11.2. The molecule has 1 aromatic rings. The van der Waals surface area contributed by atoms with Crippen LogP contribution in [0, 0.1) is 5.92 Å². The van der Waals surface area contributed by atoms with Crippen molar-refractivity contribution in [2.45, 2.75) is 57.1 Å². The number of aliphatic hydroxyl groups is 1. The van der Waals surface area contributed by atoms with Crippen LogP contribution in [0.5, 0.6) is 0 Å². The molecule has 1 atom stereocenters. The summed E-state index contributed by atoms with van der Waals surface area (Å²) < 4.78 is 1.80. The average molecular weight is 358 g/mol. The number of nitrogens with one attached hydrogen (secondary N) is 2. The van der Waals surface area contributed by atoms with E-state index >= 15 is 0 Å². The van der Waals surface area contributed by atoms with Gasteiger partial charge in [-0.25, -0.2) is 4.68 Å². The summed E-state index contributed by atoms with van der Waals surface area (Å²) in [7, 11) is 0. The standard InChI is InChI=1S/C16H27N5O2.ClH/c22-15(12-4-2-1-3-5-12)10-18-16(23)14-11-21(20-19-14)13-6-8-17-9-7-13;/h11-13,15,17,22H,1-10H2,(H,18,23);1H. The lowest BCUT2D eigenvalue weighted by Gasteiger charge is -2.26. The number of carbonyl (C=O) groups is 1. The Kier molecular flexibility index (Phi) is 7.45. The largest absolute Gasteiger partial charge is 0.391 e. The van der Waals surface area contributed by atoms with Gasteiger partial charge in [0.25, 0.3) is 5.91 Å². The van der Waals surface area contributed by atoms with Gasteiger partial charge in [0.2, 0.25) is 0 Å². The van der Waals surface area contributed by atoms with Gasteiger partial charge in [-0.3, -0.25) is 4.79 Å². The van der Waals surface area contributed by atoms with E-state index in [2.05, 4.69) is 20.9 Å². The highest BCUT2D eigenvalue weighted by Crippen LogP contribution is 2.26. The third-order valence-electron chi connectivity index (χ3n) is 5.09. The average Bonchev–Trinajstić information content (AvgIpc) is 3.11. The van der Waals surface area contributed by atoms with Crippen molar-refractivity contribution in [2.75, 3.05) is 19.6 Å². The van der Waals surface area contributed by atoms with E-state index in [4.69, 9.17) is 0 Å². The van der Waals surface area contributed by atoms with Crippen molar-refractivity contribution < 1.29 is 9.90 Å². The van der Waals surface area contributed by atoms with Crippen LogP contribution in [0.4, 0.5) is 0 Å². The number of aliphatic hydroxyl groups excluding tert-OH is 1. The number of aromatic nitrogens is 3. The van der Waals surface area contributed by atoms with Crippen LogP contribution in [-0.4, -0.2) is 51.7 Å². The van der Waals surface area contributed by atoms with Crippen LogP contribution < -0.4 is 10.6 Å². The molecule has 0 radical (unpaired) electrons. The van der Waals surface area contributed by atoms with E-state index in [1.54, 1.807) is 10.9 Å². The number of rotatable bonds is 5. The number of carbonyl (C=O) groups excluding carboxylic acids is 1. The third-order valence-corrected chi connectivity index (χ3v) is 5.09. The summed E-state index contributed by atoms with van der Waals surface area (Å²) in [5.74, 6) is 0.0644. The van der Waals surface area contributed by atoms with Gasteiger partial charge in [0.1, 0.15) is 0 Å². The number of hydrogen-bond acceptors (Lipinski definition) is 5. The maximum Gasteiger partial charge on any atom is 0.273 e. The van der Waals surface area contributed by atoms with Crippen LogP contribution in [-0.2, 0) is 0 Å². The molecule has 8 heteroatoms. The molecule has 1 amide bonds. The van der Waals surface area contributed by atoms with Crippen molar-refractivity contribution in [3.63, 3.8) is 0 Å². The topological polar surface area (TPSA) is 92.1 Å². The Morgan fingerprint density at radius 2 is 2.00 bits per heavy atom. The summed E-state index contributed by atoms with van der Waals surface area (Å²) in [6.45, 7) is 2.24. The Morgan fingerprint density at radius 3 is 2.71 bits per heavy atom. The lowest BCUT2D eigenvalue weighted by Crippen LogP contribution is -2.37. The molecule has 2 heterocycles. The van der Waals surface area contributed by atoms with E-state index in [0.29, 0.717) is 24.2 Å². The number of piperidine rings is 1. The highest BCUT2D eigenvalue weighted by molar-refractivity contribution is 5.91. The zero-order valence-electron chi connectivity index (χ0n) is 14.0. The predicted molar refractivity (Wildman–Crippen MR) is 93.3 cm³/mol. The molecular weight excluding hydrogens is 330 g/mol. The molecule has 3 N–H and O–H groups in total. The molecule has 1 unspecified atom stereocenters. The molecule has 24 heavy (non-hydrogen) atoms. The number of nitrogens with zero attached hydrogens (tertiary/aromatic N) is 3. The molecule has 1 aliphatic carbocycles.